The smallest absolute Gasteiger partial charge is 0.261 e. The Kier molecular flexibility index (Phi) is 5.22. The molecule has 2 amide bonds. The van der Waals surface area contributed by atoms with Crippen LogP contribution in [0.5, 0.6) is 17.2 Å². The highest BCUT2D eigenvalue weighted by atomic mass is 79.9. The molecule has 1 N–H and O–H groups in total. The number of halogens is 1. The lowest BCUT2D eigenvalue weighted by atomic mass is 10.1. The third kappa shape index (κ3) is 3.64. The Hall–Kier alpha value is -3.32. The normalized spacial score (nSPS) is 12.4. The van der Waals surface area contributed by atoms with E-state index in [4.69, 9.17) is 9.47 Å². The second-order valence-electron chi connectivity index (χ2n) is 6.95. The average Bonchev–Trinajstić information content (AvgIpc) is 2.84. The first-order chi connectivity index (χ1) is 14.4. The lowest BCUT2D eigenvalue weighted by Gasteiger charge is -2.17. The summed E-state index contributed by atoms with van der Waals surface area (Å²) < 4.78 is 11.8. The summed E-state index contributed by atoms with van der Waals surface area (Å²) >= 11 is 3.39. The number of hydrogen-bond acceptors (Lipinski definition) is 4. The largest absolute Gasteiger partial charge is 0.497 e. The van der Waals surface area contributed by atoms with Gasteiger partial charge in [-0.25, -0.2) is 0 Å². The van der Waals surface area contributed by atoms with E-state index in [2.05, 4.69) is 21.2 Å². The fourth-order valence-electron chi connectivity index (χ4n) is 3.25. The quantitative estimate of drug-likeness (QED) is 0.560. The molecule has 0 saturated carbocycles. The van der Waals surface area contributed by atoms with Crippen molar-refractivity contribution in [3.8, 4) is 17.2 Å². The van der Waals surface area contributed by atoms with E-state index in [1.807, 2.05) is 25.1 Å². The van der Waals surface area contributed by atoms with E-state index in [-0.39, 0.29) is 11.8 Å². The molecule has 3 aromatic carbocycles. The highest BCUT2D eigenvalue weighted by Gasteiger charge is 2.26. The topological polar surface area (TPSA) is 67.9 Å². The Bertz CT molecular complexity index is 1180. The van der Waals surface area contributed by atoms with Gasteiger partial charge in [-0.2, -0.15) is 0 Å². The Morgan fingerprint density at radius 2 is 1.83 bits per heavy atom. The van der Waals surface area contributed by atoms with Crippen molar-refractivity contribution in [1.29, 1.82) is 0 Å². The first-order valence-electron chi connectivity index (χ1n) is 9.23. The van der Waals surface area contributed by atoms with E-state index in [1.54, 1.807) is 55.5 Å². The predicted octanol–water partition coefficient (Wildman–Crippen LogP) is 5.40. The van der Waals surface area contributed by atoms with Crippen LogP contribution in [0.2, 0.25) is 0 Å². The lowest BCUT2D eigenvalue weighted by molar-refractivity contribution is 0.0990. The number of carbonyl (C=O) groups excluding carboxylic acids is 2. The van der Waals surface area contributed by atoms with Crippen LogP contribution >= 0.6 is 15.9 Å². The summed E-state index contributed by atoms with van der Waals surface area (Å²) in [5, 5.41) is 2.84. The minimum atomic E-state index is -0.324. The number of nitrogens with one attached hydrogen (secondary N) is 1. The SMILES string of the molecule is COc1ccc(Br)c(C(=O)Nc2ccc3c(c2)C(=O)N(C)c2cc(C)ccc2O3)c1. The van der Waals surface area contributed by atoms with Gasteiger partial charge < -0.3 is 19.7 Å². The van der Waals surface area contributed by atoms with Crippen molar-refractivity contribution in [3.63, 3.8) is 0 Å². The molecule has 1 aliphatic heterocycles. The molecule has 4 rings (SSSR count). The highest BCUT2D eigenvalue weighted by Crippen LogP contribution is 2.39. The van der Waals surface area contributed by atoms with E-state index in [9.17, 15) is 9.59 Å². The van der Waals surface area contributed by atoms with Gasteiger partial charge in [0.1, 0.15) is 11.5 Å². The van der Waals surface area contributed by atoms with Crippen LogP contribution in [-0.2, 0) is 0 Å². The number of amides is 2. The molecule has 0 aromatic heterocycles. The number of rotatable bonds is 3. The maximum absolute atomic E-state index is 13.1. The minimum Gasteiger partial charge on any atom is -0.497 e. The highest BCUT2D eigenvalue weighted by molar-refractivity contribution is 9.10. The number of carbonyl (C=O) groups is 2. The molecule has 0 spiro atoms. The Labute approximate surface area is 182 Å². The number of anilines is 2. The lowest BCUT2D eigenvalue weighted by Crippen LogP contribution is -2.25. The van der Waals surface area contributed by atoms with Crippen molar-refractivity contribution in [2.45, 2.75) is 6.92 Å². The Balaban J connectivity index is 1.66. The number of nitrogens with zero attached hydrogens (tertiary/aromatic N) is 1. The molecule has 7 heteroatoms. The zero-order valence-electron chi connectivity index (χ0n) is 16.7. The molecular weight excluding hydrogens is 448 g/mol. The number of fused-ring (bicyclic) bond motifs is 2. The van der Waals surface area contributed by atoms with E-state index >= 15 is 0 Å². The summed E-state index contributed by atoms with van der Waals surface area (Å²) in [5.74, 6) is 1.08. The van der Waals surface area contributed by atoms with Crippen LogP contribution in [-0.4, -0.2) is 26.0 Å². The van der Waals surface area contributed by atoms with Gasteiger partial charge in [0.2, 0.25) is 0 Å². The second-order valence-corrected chi connectivity index (χ2v) is 7.80. The summed E-state index contributed by atoms with van der Waals surface area (Å²) in [6.45, 7) is 1.96. The number of aryl methyl sites for hydroxylation is 1. The maximum Gasteiger partial charge on any atom is 0.261 e. The molecule has 1 aliphatic rings. The molecule has 30 heavy (non-hydrogen) atoms. The van der Waals surface area contributed by atoms with Gasteiger partial charge in [-0.05, 0) is 76.9 Å². The van der Waals surface area contributed by atoms with Crippen molar-refractivity contribution < 1.29 is 19.1 Å². The zero-order chi connectivity index (χ0) is 21.4. The van der Waals surface area contributed by atoms with Crippen LogP contribution in [0.3, 0.4) is 0 Å². The molecule has 1 heterocycles. The van der Waals surface area contributed by atoms with Gasteiger partial charge in [-0.1, -0.05) is 6.07 Å². The van der Waals surface area contributed by atoms with Crippen molar-refractivity contribution >= 4 is 39.1 Å². The minimum absolute atomic E-state index is 0.215. The van der Waals surface area contributed by atoms with Crippen LogP contribution in [0.4, 0.5) is 11.4 Å². The van der Waals surface area contributed by atoms with E-state index in [0.29, 0.717) is 44.2 Å². The summed E-state index contributed by atoms with van der Waals surface area (Å²) in [6, 6.07) is 15.8. The second kappa shape index (κ2) is 7.84. The summed E-state index contributed by atoms with van der Waals surface area (Å²) in [4.78, 5) is 27.4. The molecule has 0 fully saturated rings. The maximum atomic E-state index is 13.1. The van der Waals surface area contributed by atoms with Gasteiger partial charge >= 0.3 is 0 Å². The molecule has 0 unspecified atom stereocenters. The molecule has 0 aliphatic carbocycles. The molecule has 0 atom stereocenters. The third-order valence-corrected chi connectivity index (χ3v) is 5.58. The predicted molar refractivity (Wildman–Crippen MR) is 119 cm³/mol. The molecule has 6 nitrogen and oxygen atoms in total. The third-order valence-electron chi connectivity index (χ3n) is 4.89. The van der Waals surface area contributed by atoms with Gasteiger partial charge in [-0.3, -0.25) is 9.59 Å². The summed E-state index contributed by atoms with van der Waals surface area (Å²) in [6.07, 6.45) is 0. The first kappa shape index (κ1) is 20.0. The van der Waals surface area contributed by atoms with Crippen molar-refractivity contribution in [1.82, 2.24) is 0 Å². The number of ether oxygens (including phenoxy) is 2. The van der Waals surface area contributed by atoms with Gasteiger partial charge in [0.25, 0.3) is 11.8 Å². The molecule has 3 aromatic rings. The number of hydrogen-bond donors (Lipinski definition) is 1. The van der Waals surface area contributed by atoms with Crippen LogP contribution in [0, 0.1) is 6.92 Å². The molecule has 0 bridgehead atoms. The number of benzene rings is 3. The number of methoxy groups -OCH3 is 1. The van der Waals surface area contributed by atoms with Gasteiger partial charge in [-0.15, -0.1) is 0 Å². The zero-order valence-corrected chi connectivity index (χ0v) is 18.2. The molecule has 0 saturated heterocycles. The van der Waals surface area contributed by atoms with E-state index < -0.39 is 0 Å². The van der Waals surface area contributed by atoms with Crippen molar-refractivity contribution in [2.75, 3.05) is 24.4 Å². The Morgan fingerprint density at radius 3 is 2.60 bits per heavy atom. The molecule has 0 radical (unpaired) electrons. The monoisotopic (exact) mass is 466 g/mol. The standard InChI is InChI=1S/C23H19BrN2O4/c1-13-4-8-21-19(10-13)26(2)23(28)17-11-14(5-9-20(17)30-21)25-22(27)16-12-15(29-3)6-7-18(16)24/h4-12H,1-3H3,(H,25,27). The van der Waals surface area contributed by atoms with Gasteiger partial charge in [0.15, 0.2) is 5.75 Å². The average molecular weight is 467 g/mol. The fraction of sp³-hybridized carbons (Fsp3) is 0.130. The van der Waals surface area contributed by atoms with Crippen molar-refractivity contribution in [2.24, 2.45) is 0 Å². The van der Waals surface area contributed by atoms with E-state index in [0.717, 1.165) is 5.56 Å². The van der Waals surface area contributed by atoms with Crippen molar-refractivity contribution in [3.05, 3.63) is 75.8 Å². The summed E-state index contributed by atoms with van der Waals surface area (Å²) in [7, 11) is 3.25. The Morgan fingerprint density at radius 1 is 1.07 bits per heavy atom. The van der Waals surface area contributed by atoms with Crippen LogP contribution in [0.25, 0.3) is 0 Å². The van der Waals surface area contributed by atoms with E-state index in [1.165, 1.54) is 0 Å². The van der Waals surface area contributed by atoms with Gasteiger partial charge in [0, 0.05) is 17.2 Å². The summed E-state index contributed by atoms with van der Waals surface area (Å²) in [5.41, 5.74) is 3.00. The fourth-order valence-corrected chi connectivity index (χ4v) is 3.68. The molecule has 152 valence electrons. The first-order valence-corrected chi connectivity index (χ1v) is 10.0. The van der Waals surface area contributed by atoms with Gasteiger partial charge in [0.05, 0.1) is 23.9 Å². The van der Waals surface area contributed by atoms with Crippen LogP contribution in [0.1, 0.15) is 26.3 Å². The van der Waals surface area contributed by atoms with Crippen LogP contribution in [0.15, 0.2) is 59.1 Å². The molecular formula is C23H19BrN2O4. The van der Waals surface area contributed by atoms with Crippen LogP contribution < -0.4 is 19.7 Å².